The fourth-order valence-corrected chi connectivity index (χ4v) is 3.00. The second-order valence-electron chi connectivity index (χ2n) is 6.88. The highest BCUT2D eigenvalue weighted by molar-refractivity contribution is 6.05. The predicted molar refractivity (Wildman–Crippen MR) is 123 cm³/mol. The molecule has 0 unspecified atom stereocenters. The van der Waals surface area contributed by atoms with E-state index in [1.54, 1.807) is 30.3 Å². The summed E-state index contributed by atoms with van der Waals surface area (Å²) in [5.41, 5.74) is 2.51. The van der Waals surface area contributed by atoms with Gasteiger partial charge in [0.05, 0.1) is 24.7 Å². The molecule has 0 atom stereocenters. The van der Waals surface area contributed by atoms with Crippen LogP contribution in [0.3, 0.4) is 0 Å². The number of benzene rings is 3. The number of carbonyl (C=O) groups excluding carboxylic acids is 1. The molecule has 0 aliphatic heterocycles. The highest BCUT2D eigenvalue weighted by Gasteiger charge is 2.18. The summed E-state index contributed by atoms with van der Waals surface area (Å²) in [5.74, 6) is -0.436. The van der Waals surface area contributed by atoms with Crippen molar-refractivity contribution in [2.75, 3.05) is 30.5 Å². The van der Waals surface area contributed by atoms with Gasteiger partial charge < -0.3 is 20.1 Å². The zero-order valence-corrected chi connectivity index (χ0v) is 17.7. The molecule has 0 spiro atoms. The molecule has 0 saturated carbocycles. The summed E-state index contributed by atoms with van der Waals surface area (Å²) in [4.78, 5) is 23.8. The van der Waals surface area contributed by atoms with Gasteiger partial charge in [0.15, 0.2) is 0 Å². The highest BCUT2D eigenvalue weighted by Crippen LogP contribution is 2.29. The van der Waals surface area contributed by atoms with Gasteiger partial charge in [-0.1, -0.05) is 30.3 Å². The first-order valence-electron chi connectivity index (χ1n) is 10.2. The Bertz CT molecular complexity index is 1060. The molecule has 0 heterocycles. The van der Waals surface area contributed by atoms with Crippen LogP contribution in [0.4, 0.5) is 22.7 Å². The number of rotatable bonds is 11. The smallest absolute Gasteiger partial charge is 0.293 e. The van der Waals surface area contributed by atoms with Crippen molar-refractivity contribution in [3.05, 3.63) is 94.0 Å². The fraction of sp³-hybridized carbons (Fsp3) is 0.208. The third-order valence-electron chi connectivity index (χ3n) is 4.54. The lowest BCUT2D eigenvalue weighted by Gasteiger charge is -2.10. The predicted octanol–water partition coefficient (Wildman–Crippen LogP) is 5.14. The van der Waals surface area contributed by atoms with Crippen LogP contribution in [0.2, 0.25) is 0 Å². The molecule has 0 saturated heterocycles. The minimum atomic E-state index is -0.512. The van der Waals surface area contributed by atoms with Gasteiger partial charge >= 0.3 is 0 Å². The second-order valence-corrected chi connectivity index (χ2v) is 6.88. The number of carbonyl (C=O) groups is 1. The molecule has 3 rings (SSSR count). The Morgan fingerprint density at radius 3 is 2.44 bits per heavy atom. The Balaban J connectivity index is 1.68. The number of nitrogens with zero attached hydrogens (tertiary/aromatic N) is 1. The zero-order chi connectivity index (χ0) is 22.8. The molecule has 8 heteroatoms. The summed E-state index contributed by atoms with van der Waals surface area (Å²) in [6.45, 7) is 3.97. The van der Waals surface area contributed by atoms with Crippen molar-refractivity contribution in [3.63, 3.8) is 0 Å². The monoisotopic (exact) mass is 435 g/mol. The molecule has 2 N–H and O–H groups in total. The van der Waals surface area contributed by atoms with Crippen molar-refractivity contribution >= 4 is 28.7 Å². The summed E-state index contributed by atoms with van der Waals surface area (Å²) in [6.07, 6.45) is 0. The molecule has 3 aromatic rings. The number of amides is 1. The van der Waals surface area contributed by atoms with Gasteiger partial charge in [0.1, 0.15) is 5.69 Å². The van der Waals surface area contributed by atoms with Gasteiger partial charge in [0.25, 0.3) is 11.6 Å². The van der Waals surface area contributed by atoms with Gasteiger partial charge in [-0.15, -0.1) is 0 Å². The largest absolute Gasteiger partial charge is 0.379 e. The van der Waals surface area contributed by atoms with Gasteiger partial charge in [0.2, 0.25) is 0 Å². The molecule has 166 valence electrons. The zero-order valence-electron chi connectivity index (χ0n) is 17.7. The van der Waals surface area contributed by atoms with E-state index in [-0.39, 0.29) is 11.3 Å². The molecule has 0 fully saturated rings. The molecule has 0 aromatic heterocycles. The van der Waals surface area contributed by atoms with Crippen LogP contribution in [-0.4, -0.2) is 30.7 Å². The lowest BCUT2D eigenvalue weighted by Crippen LogP contribution is -2.13. The van der Waals surface area contributed by atoms with Gasteiger partial charge in [-0.25, -0.2) is 0 Å². The van der Waals surface area contributed by atoms with E-state index in [9.17, 15) is 14.9 Å². The second kappa shape index (κ2) is 11.6. The van der Waals surface area contributed by atoms with E-state index < -0.39 is 10.8 Å². The summed E-state index contributed by atoms with van der Waals surface area (Å²) in [7, 11) is 0. The SMILES string of the molecule is CCOCCOCc1cccc(NC(=O)c2ccc(Nc3ccccc3)c([N+](=O)[O-])c2)c1. The van der Waals surface area contributed by atoms with E-state index in [4.69, 9.17) is 9.47 Å². The van der Waals surface area contributed by atoms with Gasteiger partial charge in [-0.3, -0.25) is 14.9 Å². The van der Waals surface area contributed by atoms with Crippen LogP contribution in [0.1, 0.15) is 22.8 Å². The number of para-hydroxylation sites is 1. The van der Waals surface area contributed by atoms with E-state index in [0.717, 1.165) is 5.56 Å². The molecule has 8 nitrogen and oxygen atoms in total. The van der Waals surface area contributed by atoms with Crippen molar-refractivity contribution in [3.8, 4) is 0 Å². The first kappa shape index (κ1) is 22.9. The minimum absolute atomic E-state index is 0.182. The molecule has 3 aromatic carbocycles. The number of nitrogens with one attached hydrogen (secondary N) is 2. The summed E-state index contributed by atoms with van der Waals surface area (Å²) in [6, 6.07) is 20.7. The normalized spacial score (nSPS) is 10.5. The highest BCUT2D eigenvalue weighted by atomic mass is 16.6. The summed E-state index contributed by atoms with van der Waals surface area (Å²) < 4.78 is 10.8. The lowest BCUT2D eigenvalue weighted by atomic mass is 10.1. The summed E-state index contributed by atoms with van der Waals surface area (Å²) >= 11 is 0. The van der Waals surface area contributed by atoms with E-state index >= 15 is 0 Å². The maximum absolute atomic E-state index is 12.7. The van der Waals surface area contributed by atoms with E-state index in [0.29, 0.717) is 43.5 Å². The lowest BCUT2D eigenvalue weighted by molar-refractivity contribution is -0.383. The maximum Gasteiger partial charge on any atom is 0.293 e. The van der Waals surface area contributed by atoms with Gasteiger partial charge in [0, 0.05) is 29.6 Å². The number of ether oxygens (including phenoxy) is 2. The molecule has 1 amide bonds. The number of anilines is 3. The van der Waals surface area contributed by atoms with Crippen molar-refractivity contribution in [1.29, 1.82) is 0 Å². The number of hydrogen-bond acceptors (Lipinski definition) is 6. The van der Waals surface area contributed by atoms with E-state index in [1.165, 1.54) is 12.1 Å². The van der Waals surface area contributed by atoms with E-state index in [1.807, 2.05) is 37.3 Å². The van der Waals surface area contributed by atoms with Crippen LogP contribution >= 0.6 is 0 Å². The van der Waals surface area contributed by atoms with Crippen LogP contribution in [0, 0.1) is 10.1 Å². The van der Waals surface area contributed by atoms with Crippen molar-refractivity contribution < 1.29 is 19.2 Å². The van der Waals surface area contributed by atoms with Gasteiger partial charge in [-0.2, -0.15) is 0 Å². The topological polar surface area (TPSA) is 103 Å². The molecule has 0 radical (unpaired) electrons. The Labute approximate surface area is 186 Å². The maximum atomic E-state index is 12.7. The van der Waals surface area contributed by atoms with Crippen LogP contribution in [-0.2, 0) is 16.1 Å². The molecule has 0 bridgehead atoms. The molecular formula is C24H25N3O5. The number of nitro groups is 1. The van der Waals surface area contributed by atoms with Crippen molar-refractivity contribution in [2.24, 2.45) is 0 Å². The molecular weight excluding hydrogens is 410 g/mol. The standard InChI is InChI=1S/C24H25N3O5/c1-2-31-13-14-32-17-18-7-6-10-21(15-18)26-24(28)19-11-12-22(23(16-19)27(29)30)25-20-8-4-3-5-9-20/h3-12,15-16,25H,2,13-14,17H2,1H3,(H,26,28). The van der Waals surface area contributed by atoms with Crippen LogP contribution < -0.4 is 10.6 Å². The van der Waals surface area contributed by atoms with Crippen molar-refractivity contribution in [1.82, 2.24) is 0 Å². The number of hydrogen-bond donors (Lipinski definition) is 2. The Morgan fingerprint density at radius 2 is 1.69 bits per heavy atom. The fourth-order valence-electron chi connectivity index (χ4n) is 3.00. The summed E-state index contributed by atoms with van der Waals surface area (Å²) in [5, 5.41) is 17.4. The van der Waals surface area contributed by atoms with E-state index in [2.05, 4.69) is 10.6 Å². The quantitative estimate of drug-likeness (QED) is 0.245. The van der Waals surface area contributed by atoms with Crippen LogP contribution in [0.15, 0.2) is 72.8 Å². The molecule has 0 aliphatic carbocycles. The number of nitro benzene ring substituents is 1. The third kappa shape index (κ3) is 6.63. The minimum Gasteiger partial charge on any atom is -0.379 e. The van der Waals surface area contributed by atoms with Gasteiger partial charge in [-0.05, 0) is 48.9 Å². The third-order valence-corrected chi connectivity index (χ3v) is 4.54. The first-order valence-corrected chi connectivity index (χ1v) is 10.2. The first-order chi connectivity index (χ1) is 15.6. The van der Waals surface area contributed by atoms with Crippen LogP contribution in [0.5, 0.6) is 0 Å². The Hall–Kier alpha value is -3.75. The molecule has 0 aliphatic rings. The average molecular weight is 435 g/mol. The Morgan fingerprint density at radius 1 is 0.938 bits per heavy atom. The van der Waals surface area contributed by atoms with Crippen molar-refractivity contribution in [2.45, 2.75) is 13.5 Å². The molecule has 32 heavy (non-hydrogen) atoms. The Kier molecular flexibility index (Phi) is 8.30. The van der Waals surface area contributed by atoms with Crippen LogP contribution in [0.25, 0.3) is 0 Å². The average Bonchev–Trinajstić information content (AvgIpc) is 2.80.